The monoisotopic (exact) mass is 299 g/mol. The molecule has 106 valence electrons. The Kier molecular flexibility index (Phi) is 3.62. The lowest BCUT2D eigenvalue weighted by molar-refractivity contribution is -0.121. The highest BCUT2D eigenvalue weighted by atomic mass is 32.2. The van der Waals surface area contributed by atoms with Gasteiger partial charge >= 0.3 is 0 Å². The van der Waals surface area contributed by atoms with Crippen LogP contribution >= 0.6 is 11.8 Å². The number of hydrogen-bond donors (Lipinski definition) is 2. The molecular formula is C15H13N3O2S. The molecule has 0 aliphatic carbocycles. The second kappa shape index (κ2) is 5.57. The van der Waals surface area contributed by atoms with Crippen LogP contribution in [0.4, 0.5) is 5.69 Å². The summed E-state index contributed by atoms with van der Waals surface area (Å²) in [4.78, 5) is 27.2. The van der Waals surface area contributed by atoms with E-state index in [-0.39, 0.29) is 23.4 Å². The van der Waals surface area contributed by atoms with Gasteiger partial charge in [0.1, 0.15) is 5.25 Å². The number of carbonyl (C=O) groups is 2. The number of nitrogens with two attached hydrogens (primary N) is 1. The summed E-state index contributed by atoms with van der Waals surface area (Å²) in [6.07, 6.45) is 0.0664. The summed E-state index contributed by atoms with van der Waals surface area (Å²) in [5.74, 6) is -0.562. The van der Waals surface area contributed by atoms with Crippen LogP contribution in [-0.4, -0.2) is 22.2 Å². The molecule has 0 radical (unpaired) electrons. The summed E-state index contributed by atoms with van der Waals surface area (Å²) in [6, 6.07) is 13.5. The van der Waals surface area contributed by atoms with Gasteiger partial charge in [0, 0.05) is 17.5 Å². The molecule has 0 saturated carbocycles. The zero-order chi connectivity index (χ0) is 14.8. The maximum atomic E-state index is 12.1. The Bertz CT molecular complexity index is 752. The number of benzene rings is 2. The lowest BCUT2D eigenvalue weighted by atomic mass is 10.1. The zero-order valence-electron chi connectivity index (χ0n) is 11.1. The lowest BCUT2D eigenvalue weighted by Crippen LogP contribution is -2.21. The fourth-order valence-electron chi connectivity index (χ4n) is 2.24. The minimum Gasteiger partial charge on any atom is -0.378 e. The summed E-state index contributed by atoms with van der Waals surface area (Å²) >= 11 is 1.13. The van der Waals surface area contributed by atoms with Crippen LogP contribution in [0.2, 0.25) is 0 Å². The Hall–Kier alpha value is -2.34. The minimum absolute atomic E-state index is 0.0664. The number of amides is 2. The molecule has 2 aromatic carbocycles. The van der Waals surface area contributed by atoms with Crippen LogP contribution in [0, 0.1) is 0 Å². The minimum atomic E-state index is -0.514. The molecule has 1 atom stereocenters. The second-order valence-corrected chi connectivity index (χ2v) is 5.90. The van der Waals surface area contributed by atoms with E-state index in [4.69, 9.17) is 5.73 Å². The van der Waals surface area contributed by atoms with E-state index in [1.807, 2.05) is 42.5 Å². The van der Waals surface area contributed by atoms with Crippen LogP contribution in [0.3, 0.4) is 0 Å². The highest BCUT2D eigenvalue weighted by molar-refractivity contribution is 8.15. The van der Waals surface area contributed by atoms with Crippen molar-refractivity contribution in [3.05, 3.63) is 42.5 Å². The van der Waals surface area contributed by atoms with E-state index < -0.39 is 5.25 Å². The third-order valence-electron chi connectivity index (χ3n) is 3.19. The number of nitrogens with zero attached hydrogens (tertiary/aromatic N) is 1. The van der Waals surface area contributed by atoms with Gasteiger partial charge in [0.25, 0.3) is 5.91 Å². The van der Waals surface area contributed by atoms with Gasteiger partial charge in [0.05, 0.1) is 0 Å². The molecule has 6 heteroatoms. The number of rotatable bonds is 3. The van der Waals surface area contributed by atoms with Crippen molar-refractivity contribution < 1.29 is 9.59 Å². The van der Waals surface area contributed by atoms with Gasteiger partial charge in [-0.2, -0.15) is 4.99 Å². The smallest absolute Gasteiger partial charge is 0.262 e. The third-order valence-corrected chi connectivity index (χ3v) is 4.18. The van der Waals surface area contributed by atoms with Gasteiger partial charge in [0.2, 0.25) is 5.91 Å². The molecule has 21 heavy (non-hydrogen) atoms. The van der Waals surface area contributed by atoms with Crippen LogP contribution in [0.1, 0.15) is 6.42 Å². The molecule has 5 nitrogen and oxygen atoms in total. The fourth-order valence-corrected chi connectivity index (χ4v) is 3.06. The highest BCUT2D eigenvalue weighted by Crippen LogP contribution is 2.25. The Morgan fingerprint density at radius 2 is 2.00 bits per heavy atom. The summed E-state index contributed by atoms with van der Waals surface area (Å²) < 4.78 is 0. The second-order valence-electron chi connectivity index (χ2n) is 4.67. The molecule has 3 rings (SSSR count). The van der Waals surface area contributed by atoms with E-state index in [0.29, 0.717) is 0 Å². The van der Waals surface area contributed by atoms with Crippen LogP contribution in [-0.2, 0) is 9.59 Å². The van der Waals surface area contributed by atoms with Crippen molar-refractivity contribution in [3.8, 4) is 0 Å². The van der Waals surface area contributed by atoms with E-state index in [9.17, 15) is 9.59 Å². The number of thioether (sulfide) groups is 1. The van der Waals surface area contributed by atoms with E-state index >= 15 is 0 Å². The zero-order valence-corrected chi connectivity index (χ0v) is 11.9. The summed E-state index contributed by atoms with van der Waals surface area (Å²) in [6.45, 7) is 0. The Labute approximate surface area is 125 Å². The highest BCUT2D eigenvalue weighted by Gasteiger charge is 2.29. The van der Waals surface area contributed by atoms with E-state index in [1.165, 1.54) is 0 Å². The number of hydrogen-bond acceptors (Lipinski definition) is 4. The van der Waals surface area contributed by atoms with Crippen molar-refractivity contribution >= 4 is 45.2 Å². The van der Waals surface area contributed by atoms with Gasteiger partial charge in [-0.15, -0.1) is 0 Å². The number of fused-ring (bicyclic) bond motifs is 1. The molecule has 2 amide bonds. The van der Waals surface area contributed by atoms with Crippen molar-refractivity contribution in [2.75, 3.05) is 5.32 Å². The molecule has 2 aromatic rings. The molecule has 0 saturated heterocycles. The summed E-state index contributed by atoms with van der Waals surface area (Å²) in [5.41, 5.74) is 6.22. The van der Waals surface area contributed by atoms with E-state index in [2.05, 4.69) is 10.3 Å². The number of aliphatic imine (C=N–C) groups is 1. The molecule has 0 spiro atoms. The van der Waals surface area contributed by atoms with Crippen LogP contribution in [0.25, 0.3) is 10.8 Å². The first-order valence-corrected chi connectivity index (χ1v) is 7.34. The molecule has 1 aliphatic heterocycles. The molecule has 0 bridgehead atoms. The predicted octanol–water partition coefficient (Wildman–Crippen LogP) is 2.13. The predicted molar refractivity (Wildman–Crippen MR) is 85.2 cm³/mol. The van der Waals surface area contributed by atoms with E-state index in [1.54, 1.807) is 0 Å². The number of anilines is 1. The summed E-state index contributed by atoms with van der Waals surface area (Å²) in [5, 5.41) is 4.58. The van der Waals surface area contributed by atoms with Gasteiger partial charge < -0.3 is 11.1 Å². The molecular weight excluding hydrogens is 286 g/mol. The fraction of sp³-hybridized carbons (Fsp3) is 0.133. The summed E-state index contributed by atoms with van der Waals surface area (Å²) in [7, 11) is 0. The number of carbonyl (C=O) groups excluding carboxylic acids is 2. The molecule has 1 heterocycles. The molecule has 0 fully saturated rings. The molecule has 1 aliphatic rings. The normalized spacial score (nSPS) is 17.8. The van der Waals surface area contributed by atoms with Crippen molar-refractivity contribution in [2.24, 2.45) is 10.7 Å². The van der Waals surface area contributed by atoms with Crippen molar-refractivity contribution in [1.29, 1.82) is 0 Å². The van der Waals surface area contributed by atoms with Crippen molar-refractivity contribution in [3.63, 3.8) is 0 Å². The number of nitrogens with one attached hydrogen (secondary N) is 1. The van der Waals surface area contributed by atoms with Gasteiger partial charge in [-0.05, 0) is 11.5 Å². The standard InChI is InChI=1S/C15H13N3O2S/c16-15-18-14(20)12(21-15)8-13(19)17-11-7-3-5-9-4-1-2-6-10(9)11/h1-7,12H,8H2,(H,17,19)(H2,16,18,20)/t12-/m1/s1. The Balaban J connectivity index is 1.74. The quantitative estimate of drug-likeness (QED) is 0.909. The maximum Gasteiger partial charge on any atom is 0.262 e. The van der Waals surface area contributed by atoms with Crippen molar-refractivity contribution in [2.45, 2.75) is 11.7 Å². The first kappa shape index (κ1) is 13.6. The molecule has 0 unspecified atom stereocenters. The molecule has 0 aromatic heterocycles. The average molecular weight is 299 g/mol. The van der Waals surface area contributed by atoms with E-state index in [0.717, 1.165) is 28.2 Å². The first-order valence-electron chi connectivity index (χ1n) is 6.46. The largest absolute Gasteiger partial charge is 0.378 e. The third kappa shape index (κ3) is 2.90. The van der Waals surface area contributed by atoms with Crippen LogP contribution in [0.15, 0.2) is 47.5 Å². The average Bonchev–Trinajstić information content (AvgIpc) is 2.77. The van der Waals surface area contributed by atoms with Crippen LogP contribution < -0.4 is 11.1 Å². The van der Waals surface area contributed by atoms with Crippen molar-refractivity contribution in [1.82, 2.24) is 0 Å². The van der Waals surface area contributed by atoms with Gasteiger partial charge in [0.15, 0.2) is 5.17 Å². The Morgan fingerprint density at radius 1 is 1.24 bits per heavy atom. The maximum absolute atomic E-state index is 12.1. The lowest BCUT2D eigenvalue weighted by Gasteiger charge is -2.10. The van der Waals surface area contributed by atoms with Gasteiger partial charge in [-0.3, -0.25) is 9.59 Å². The molecule has 3 N–H and O–H groups in total. The Morgan fingerprint density at radius 3 is 2.76 bits per heavy atom. The first-order chi connectivity index (χ1) is 10.1. The topological polar surface area (TPSA) is 84.5 Å². The number of amidine groups is 1. The van der Waals surface area contributed by atoms with Crippen LogP contribution in [0.5, 0.6) is 0 Å². The SMILES string of the molecule is NC1=NC(=O)[C@@H](CC(=O)Nc2cccc3ccccc23)S1. The van der Waals surface area contributed by atoms with Gasteiger partial charge in [-0.25, -0.2) is 0 Å². The van der Waals surface area contributed by atoms with Gasteiger partial charge in [-0.1, -0.05) is 48.2 Å².